The lowest BCUT2D eigenvalue weighted by Crippen LogP contribution is -2.25. The monoisotopic (exact) mass is 175 g/mol. The molecule has 0 aromatic carbocycles. The lowest BCUT2D eigenvalue weighted by molar-refractivity contribution is 0.0953. The molecule has 0 unspecified atom stereocenters. The van der Waals surface area contributed by atoms with Crippen molar-refractivity contribution in [2.24, 2.45) is 0 Å². The molecule has 0 spiro atoms. The first-order valence-corrected chi connectivity index (χ1v) is 3.82. The van der Waals surface area contributed by atoms with E-state index in [0.717, 1.165) is 5.56 Å². The Kier molecular flexibility index (Phi) is 2.98. The topological polar surface area (TPSA) is 65.8 Å². The Labute approximate surface area is 76.2 Å². The molecular weight excluding hydrogens is 166 g/mol. The number of amides is 1. The first-order valence-electron chi connectivity index (χ1n) is 3.82. The van der Waals surface area contributed by atoms with Crippen LogP contribution in [0.5, 0.6) is 0 Å². The lowest BCUT2D eigenvalue weighted by Gasteiger charge is -2.02. The molecule has 0 saturated carbocycles. The first-order chi connectivity index (χ1) is 6.25. The third-order valence-electron chi connectivity index (χ3n) is 1.55. The van der Waals surface area contributed by atoms with E-state index < -0.39 is 0 Å². The summed E-state index contributed by atoms with van der Waals surface area (Å²) in [6.45, 7) is 1.81. The maximum atomic E-state index is 11.3. The Morgan fingerprint density at radius 3 is 3.15 bits per heavy atom. The van der Waals surface area contributed by atoms with Gasteiger partial charge < -0.3 is 5.32 Å². The van der Waals surface area contributed by atoms with Crippen LogP contribution in [-0.2, 0) is 0 Å². The summed E-state index contributed by atoms with van der Waals surface area (Å²) in [4.78, 5) is 15.2. The van der Waals surface area contributed by atoms with Crippen LogP contribution in [0.2, 0.25) is 0 Å². The Balaban J connectivity index is 2.78. The molecule has 4 nitrogen and oxygen atoms in total. The number of rotatable bonds is 2. The van der Waals surface area contributed by atoms with Gasteiger partial charge in [-0.15, -0.1) is 0 Å². The zero-order chi connectivity index (χ0) is 9.68. The van der Waals surface area contributed by atoms with Crippen molar-refractivity contribution in [2.75, 3.05) is 6.54 Å². The predicted octanol–water partition coefficient (Wildman–Crippen LogP) is 0.643. The molecule has 1 aromatic heterocycles. The summed E-state index contributed by atoms with van der Waals surface area (Å²) >= 11 is 0. The Hall–Kier alpha value is -1.89. The Morgan fingerprint density at radius 1 is 1.77 bits per heavy atom. The van der Waals surface area contributed by atoms with E-state index in [1.165, 1.54) is 0 Å². The van der Waals surface area contributed by atoms with Crippen LogP contribution < -0.4 is 5.32 Å². The van der Waals surface area contributed by atoms with Crippen molar-refractivity contribution in [3.63, 3.8) is 0 Å². The van der Waals surface area contributed by atoms with Gasteiger partial charge in [-0.05, 0) is 18.6 Å². The minimum atomic E-state index is -0.306. The normalized spacial score (nSPS) is 8.92. The van der Waals surface area contributed by atoms with Crippen LogP contribution in [-0.4, -0.2) is 17.4 Å². The van der Waals surface area contributed by atoms with E-state index in [2.05, 4.69) is 10.3 Å². The van der Waals surface area contributed by atoms with E-state index in [9.17, 15) is 4.79 Å². The number of hydrogen-bond donors (Lipinski definition) is 1. The second-order valence-corrected chi connectivity index (χ2v) is 2.51. The highest BCUT2D eigenvalue weighted by Gasteiger charge is 2.07. The Morgan fingerprint density at radius 2 is 2.54 bits per heavy atom. The van der Waals surface area contributed by atoms with Crippen LogP contribution in [0, 0.1) is 18.3 Å². The number of carbonyl (C=O) groups is 1. The molecule has 1 aromatic rings. The lowest BCUT2D eigenvalue weighted by atomic mass is 10.2. The third-order valence-corrected chi connectivity index (χ3v) is 1.55. The maximum Gasteiger partial charge on any atom is 0.270 e. The summed E-state index contributed by atoms with van der Waals surface area (Å²) in [5, 5.41) is 10.7. The van der Waals surface area contributed by atoms with Crippen molar-refractivity contribution in [2.45, 2.75) is 6.92 Å². The molecule has 0 aliphatic rings. The molecule has 4 heteroatoms. The van der Waals surface area contributed by atoms with Gasteiger partial charge in [-0.2, -0.15) is 5.26 Å². The van der Waals surface area contributed by atoms with Gasteiger partial charge >= 0.3 is 0 Å². The number of nitrogens with one attached hydrogen (secondary N) is 1. The van der Waals surface area contributed by atoms with Crippen LogP contribution in [0.3, 0.4) is 0 Å². The van der Waals surface area contributed by atoms with E-state index in [4.69, 9.17) is 5.26 Å². The fourth-order valence-corrected chi connectivity index (χ4v) is 0.927. The summed E-state index contributed by atoms with van der Waals surface area (Å²) in [5.41, 5.74) is 1.18. The van der Waals surface area contributed by atoms with Crippen molar-refractivity contribution in [1.82, 2.24) is 10.3 Å². The molecule has 66 valence electrons. The molecule has 1 amide bonds. The molecule has 0 aliphatic carbocycles. The average molecular weight is 175 g/mol. The molecule has 1 heterocycles. The molecule has 13 heavy (non-hydrogen) atoms. The Bertz CT molecular complexity index is 354. The summed E-state index contributed by atoms with van der Waals surface area (Å²) < 4.78 is 0. The molecular formula is C9H9N3O. The number of aromatic nitrogens is 1. The molecule has 0 bridgehead atoms. The van der Waals surface area contributed by atoms with Gasteiger partial charge in [0.2, 0.25) is 0 Å². The van der Waals surface area contributed by atoms with Gasteiger partial charge in [0.1, 0.15) is 12.2 Å². The fraction of sp³-hybridized carbons (Fsp3) is 0.222. The van der Waals surface area contributed by atoms with Gasteiger partial charge in [0, 0.05) is 6.20 Å². The van der Waals surface area contributed by atoms with Crippen LogP contribution >= 0.6 is 0 Å². The molecule has 1 rings (SSSR count). The largest absolute Gasteiger partial charge is 0.338 e. The highest BCUT2D eigenvalue weighted by molar-refractivity contribution is 5.93. The van der Waals surface area contributed by atoms with E-state index in [0.29, 0.717) is 5.69 Å². The van der Waals surface area contributed by atoms with Gasteiger partial charge in [-0.25, -0.2) is 0 Å². The summed E-state index contributed by atoms with van der Waals surface area (Å²) in [7, 11) is 0. The van der Waals surface area contributed by atoms with Crippen LogP contribution in [0.25, 0.3) is 0 Å². The third kappa shape index (κ3) is 2.27. The highest BCUT2D eigenvalue weighted by atomic mass is 16.1. The van der Waals surface area contributed by atoms with Crippen molar-refractivity contribution >= 4 is 5.91 Å². The summed E-state index contributed by atoms with van der Waals surface area (Å²) in [6, 6.07) is 5.39. The predicted molar refractivity (Wildman–Crippen MR) is 46.9 cm³/mol. The van der Waals surface area contributed by atoms with Gasteiger partial charge in [-0.3, -0.25) is 9.78 Å². The van der Waals surface area contributed by atoms with Gasteiger partial charge in [0.05, 0.1) is 6.07 Å². The van der Waals surface area contributed by atoms with Crippen LogP contribution in [0.1, 0.15) is 16.1 Å². The summed E-state index contributed by atoms with van der Waals surface area (Å²) in [6.07, 6.45) is 1.55. The smallest absolute Gasteiger partial charge is 0.270 e. The molecule has 0 radical (unpaired) electrons. The van der Waals surface area contributed by atoms with E-state index in [1.54, 1.807) is 25.3 Å². The van der Waals surface area contributed by atoms with Gasteiger partial charge in [0.25, 0.3) is 5.91 Å². The van der Waals surface area contributed by atoms with Crippen LogP contribution in [0.15, 0.2) is 18.3 Å². The molecule has 0 aliphatic heterocycles. The number of nitrogens with zero attached hydrogens (tertiary/aromatic N) is 2. The van der Waals surface area contributed by atoms with Crippen molar-refractivity contribution < 1.29 is 4.79 Å². The number of pyridine rings is 1. The number of hydrogen-bond acceptors (Lipinski definition) is 3. The minimum absolute atomic E-state index is 0.00878. The average Bonchev–Trinajstić information content (AvgIpc) is 2.15. The zero-order valence-corrected chi connectivity index (χ0v) is 7.24. The van der Waals surface area contributed by atoms with Crippen LogP contribution in [0.4, 0.5) is 0 Å². The van der Waals surface area contributed by atoms with E-state index >= 15 is 0 Å². The molecule has 0 atom stereocenters. The van der Waals surface area contributed by atoms with Crippen molar-refractivity contribution in [3.8, 4) is 6.07 Å². The molecule has 0 fully saturated rings. The molecule has 1 N–H and O–H groups in total. The SMILES string of the molecule is Cc1cccnc1C(=O)NCC#N. The van der Waals surface area contributed by atoms with E-state index in [-0.39, 0.29) is 12.5 Å². The maximum absolute atomic E-state index is 11.3. The minimum Gasteiger partial charge on any atom is -0.338 e. The fourth-order valence-electron chi connectivity index (χ4n) is 0.927. The second kappa shape index (κ2) is 4.21. The number of aryl methyl sites for hydroxylation is 1. The number of carbonyl (C=O) groups excluding carboxylic acids is 1. The first kappa shape index (κ1) is 9.20. The van der Waals surface area contributed by atoms with Crippen molar-refractivity contribution in [1.29, 1.82) is 5.26 Å². The zero-order valence-electron chi connectivity index (χ0n) is 7.24. The van der Waals surface area contributed by atoms with Gasteiger partial charge in [-0.1, -0.05) is 6.07 Å². The molecule has 0 saturated heterocycles. The quantitative estimate of drug-likeness (QED) is 0.671. The van der Waals surface area contributed by atoms with Gasteiger partial charge in [0.15, 0.2) is 0 Å². The van der Waals surface area contributed by atoms with E-state index in [1.807, 2.05) is 6.07 Å². The standard InChI is InChI=1S/C9H9N3O/c1-7-3-2-5-11-8(7)9(13)12-6-4-10/h2-3,5H,6H2,1H3,(H,12,13). The second-order valence-electron chi connectivity index (χ2n) is 2.51. The van der Waals surface area contributed by atoms with Crippen molar-refractivity contribution in [3.05, 3.63) is 29.6 Å². The number of nitriles is 1. The highest BCUT2D eigenvalue weighted by Crippen LogP contribution is 2.01. The summed E-state index contributed by atoms with van der Waals surface area (Å²) in [5.74, 6) is -0.306.